The number of alkyl halides is 3. The quantitative estimate of drug-likeness (QED) is 0.502. The van der Waals surface area contributed by atoms with Crippen LogP contribution in [0.2, 0.25) is 5.02 Å². The minimum Gasteiger partial charge on any atom is -0.465 e. The van der Waals surface area contributed by atoms with Crippen molar-refractivity contribution in [2.75, 3.05) is 7.11 Å². The molecule has 3 aromatic rings. The van der Waals surface area contributed by atoms with E-state index in [1.165, 1.54) is 25.6 Å². The maximum atomic E-state index is 12.7. The molecule has 11 heteroatoms. The van der Waals surface area contributed by atoms with E-state index in [9.17, 15) is 22.8 Å². The van der Waals surface area contributed by atoms with Crippen LogP contribution < -0.4 is 10.1 Å². The SMILES string of the molecule is COC(=O)c1ccc(-c2nccnc2[C@@H](C)NC(=O)c2cc(Cl)cc(OC(F)(F)F)c2)cc1. The minimum atomic E-state index is -4.93. The molecule has 172 valence electrons. The van der Waals surface area contributed by atoms with Gasteiger partial charge in [0, 0.05) is 28.5 Å². The lowest BCUT2D eigenvalue weighted by atomic mass is 10.0. The molecular formula is C22H17ClF3N3O4. The third-order valence-electron chi connectivity index (χ3n) is 4.43. The van der Waals surface area contributed by atoms with Crippen molar-refractivity contribution in [3.05, 3.63) is 76.7 Å². The highest BCUT2D eigenvalue weighted by molar-refractivity contribution is 6.31. The van der Waals surface area contributed by atoms with Crippen LogP contribution in [0.15, 0.2) is 54.9 Å². The van der Waals surface area contributed by atoms with Crippen molar-refractivity contribution in [3.8, 4) is 17.0 Å². The molecule has 0 aliphatic heterocycles. The summed E-state index contributed by atoms with van der Waals surface area (Å²) in [4.78, 5) is 32.9. The van der Waals surface area contributed by atoms with Crippen molar-refractivity contribution in [2.45, 2.75) is 19.3 Å². The number of carbonyl (C=O) groups excluding carboxylic acids is 2. The molecule has 2 aromatic carbocycles. The van der Waals surface area contributed by atoms with E-state index in [1.54, 1.807) is 31.2 Å². The van der Waals surface area contributed by atoms with Crippen LogP contribution in [0.25, 0.3) is 11.3 Å². The Hall–Kier alpha value is -3.66. The lowest BCUT2D eigenvalue weighted by Crippen LogP contribution is -2.28. The second-order valence-electron chi connectivity index (χ2n) is 6.78. The van der Waals surface area contributed by atoms with Crippen LogP contribution in [0.5, 0.6) is 5.75 Å². The van der Waals surface area contributed by atoms with Crippen molar-refractivity contribution in [2.24, 2.45) is 0 Å². The third-order valence-corrected chi connectivity index (χ3v) is 4.65. The number of hydrogen-bond acceptors (Lipinski definition) is 6. The average molecular weight is 480 g/mol. The van der Waals surface area contributed by atoms with Crippen LogP contribution in [0.4, 0.5) is 13.2 Å². The molecule has 33 heavy (non-hydrogen) atoms. The summed E-state index contributed by atoms with van der Waals surface area (Å²) in [5.41, 5.74) is 1.72. The van der Waals surface area contributed by atoms with E-state index in [2.05, 4.69) is 24.8 Å². The topological polar surface area (TPSA) is 90.4 Å². The van der Waals surface area contributed by atoms with Gasteiger partial charge in [0.25, 0.3) is 5.91 Å². The first kappa shape index (κ1) is 24.0. The monoisotopic (exact) mass is 479 g/mol. The van der Waals surface area contributed by atoms with Crippen LogP contribution in [0.3, 0.4) is 0 Å². The molecule has 7 nitrogen and oxygen atoms in total. The molecule has 0 saturated carbocycles. The highest BCUT2D eigenvalue weighted by atomic mass is 35.5. The Labute approximate surface area is 191 Å². The predicted octanol–water partition coefficient (Wildman–Crippen LogP) is 4.97. The normalized spacial score (nSPS) is 12.1. The minimum absolute atomic E-state index is 0.0968. The number of nitrogens with one attached hydrogen (secondary N) is 1. The predicted molar refractivity (Wildman–Crippen MR) is 113 cm³/mol. The molecule has 1 amide bonds. The lowest BCUT2D eigenvalue weighted by Gasteiger charge is -2.17. The van der Waals surface area contributed by atoms with Crippen molar-refractivity contribution in [1.82, 2.24) is 15.3 Å². The summed E-state index contributed by atoms with van der Waals surface area (Å²) in [7, 11) is 1.28. The summed E-state index contributed by atoms with van der Waals surface area (Å²) in [5.74, 6) is -1.79. The number of nitrogens with zero attached hydrogens (tertiary/aromatic N) is 2. The van der Waals surface area contributed by atoms with Crippen molar-refractivity contribution >= 4 is 23.5 Å². The molecule has 1 atom stereocenters. The van der Waals surface area contributed by atoms with Crippen LogP contribution >= 0.6 is 11.6 Å². The van der Waals surface area contributed by atoms with Crippen molar-refractivity contribution in [1.29, 1.82) is 0 Å². The number of benzene rings is 2. The number of carbonyl (C=O) groups is 2. The van der Waals surface area contributed by atoms with E-state index in [0.717, 1.165) is 12.1 Å². The first-order valence-corrected chi connectivity index (χ1v) is 9.82. The smallest absolute Gasteiger partial charge is 0.465 e. The van der Waals surface area contributed by atoms with Crippen LogP contribution in [-0.4, -0.2) is 35.3 Å². The molecule has 0 bridgehead atoms. The molecule has 3 rings (SSSR count). The number of aromatic nitrogens is 2. The largest absolute Gasteiger partial charge is 0.573 e. The molecule has 0 spiro atoms. The fraction of sp³-hybridized carbons (Fsp3) is 0.182. The van der Waals surface area contributed by atoms with E-state index in [4.69, 9.17) is 11.6 Å². The summed E-state index contributed by atoms with van der Waals surface area (Å²) in [5, 5.41) is 2.57. The van der Waals surface area contributed by atoms with Crippen LogP contribution in [-0.2, 0) is 4.74 Å². The van der Waals surface area contributed by atoms with Crippen molar-refractivity contribution in [3.63, 3.8) is 0 Å². The number of hydrogen-bond donors (Lipinski definition) is 1. The second kappa shape index (κ2) is 9.86. The fourth-order valence-corrected chi connectivity index (χ4v) is 3.23. The fourth-order valence-electron chi connectivity index (χ4n) is 3.00. The van der Waals surface area contributed by atoms with Gasteiger partial charge in [0.1, 0.15) is 5.75 Å². The zero-order valence-corrected chi connectivity index (χ0v) is 18.1. The summed E-state index contributed by atoms with van der Waals surface area (Å²) in [6, 6.07) is 8.88. The molecule has 1 heterocycles. The van der Waals surface area contributed by atoms with Gasteiger partial charge in [0.2, 0.25) is 0 Å². The first-order chi connectivity index (χ1) is 15.6. The molecule has 0 fully saturated rings. The van der Waals surface area contributed by atoms with E-state index in [1.807, 2.05) is 0 Å². The Kier molecular flexibility index (Phi) is 7.17. The molecule has 0 radical (unpaired) electrons. The van der Waals surface area contributed by atoms with Gasteiger partial charge >= 0.3 is 12.3 Å². The number of amides is 1. The Bertz CT molecular complexity index is 1170. The van der Waals surface area contributed by atoms with Crippen LogP contribution in [0.1, 0.15) is 39.4 Å². The molecule has 0 saturated heterocycles. The Morgan fingerprint density at radius 3 is 2.33 bits per heavy atom. The summed E-state index contributed by atoms with van der Waals surface area (Å²) < 4.78 is 46.1. The zero-order valence-electron chi connectivity index (χ0n) is 17.3. The molecular weight excluding hydrogens is 463 g/mol. The lowest BCUT2D eigenvalue weighted by molar-refractivity contribution is -0.274. The number of rotatable bonds is 6. The van der Waals surface area contributed by atoms with Gasteiger partial charge in [-0.15, -0.1) is 13.2 Å². The molecule has 0 aliphatic rings. The number of ether oxygens (including phenoxy) is 2. The molecule has 0 aliphatic carbocycles. The highest BCUT2D eigenvalue weighted by Crippen LogP contribution is 2.28. The van der Waals surface area contributed by atoms with Gasteiger partial charge in [-0.25, -0.2) is 4.79 Å². The van der Waals surface area contributed by atoms with Gasteiger partial charge in [-0.2, -0.15) is 0 Å². The van der Waals surface area contributed by atoms with Crippen molar-refractivity contribution < 1.29 is 32.2 Å². The van der Waals surface area contributed by atoms with Gasteiger partial charge in [0.05, 0.1) is 30.1 Å². The summed E-state index contributed by atoms with van der Waals surface area (Å²) >= 11 is 5.84. The standard InChI is InChI=1S/C22H17ClF3N3O4/c1-12(29-20(30)15-9-16(23)11-17(10-15)33-22(24,25)26)18-19(28-8-7-27-18)13-3-5-14(6-4-13)21(31)32-2/h3-12H,1-2H3,(H,29,30)/t12-/m1/s1. The third kappa shape index (κ3) is 6.19. The number of esters is 1. The van der Waals surface area contributed by atoms with Gasteiger partial charge in [-0.1, -0.05) is 23.7 Å². The van der Waals surface area contributed by atoms with Crippen LogP contribution in [0, 0.1) is 0 Å². The van der Waals surface area contributed by atoms with E-state index in [0.29, 0.717) is 22.5 Å². The summed E-state index contributed by atoms with van der Waals surface area (Å²) in [6.07, 6.45) is -2.01. The average Bonchev–Trinajstić information content (AvgIpc) is 2.77. The number of methoxy groups -OCH3 is 1. The Morgan fingerprint density at radius 2 is 1.70 bits per heavy atom. The van der Waals surface area contributed by atoms with Gasteiger partial charge in [-0.05, 0) is 37.3 Å². The molecule has 1 N–H and O–H groups in total. The van der Waals surface area contributed by atoms with Gasteiger partial charge in [0.15, 0.2) is 0 Å². The molecule has 0 unspecified atom stereocenters. The Morgan fingerprint density at radius 1 is 1.03 bits per heavy atom. The number of halogens is 4. The maximum absolute atomic E-state index is 12.7. The van der Waals surface area contributed by atoms with E-state index >= 15 is 0 Å². The zero-order chi connectivity index (χ0) is 24.2. The van der Waals surface area contributed by atoms with Gasteiger partial charge < -0.3 is 14.8 Å². The van der Waals surface area contributed by atoms with Gasteiger partial charge in [-0.3, -0.25) is 14.8 Å². The maximum Gasteiger partial charge on any atom is 0.573 e. The second-order valence-corrected chi connectivity index (χ2v) is 7.21. The molecule has 1 aromatic heterocycles. The first-order valence-electron chi connectivity index (χ1n) is 9.44. The van der Waals surface area contributed by atoms with E-state index in [-0.39, 0.29) is 10.6 Å². The van der Waals surface area contributed by atoms with E-state index < -0.39 is 30.0 Å². The Balaban J connectivity index is 1.84. The summed E-state index contributed by atoms with van der Waals surface area (Å²) in [6.45, 7) is 1.64. The highest BCUT2D eigenvalue weighted by Gasteiger charge is 2.31.